The third kappa shape index (κ3) is 29.4. The van der Waals surface area contributed by atoms with Gasteiger partial charge in [-0.2, -0.15) is 0 Å². The zero-order valence-electron chi connectivity index (χ0n) is 9.99. The lowest BCUT2D eigenvalue weighted by atomic mass is 10.1. The van der Waals surface area contributed by atoms with Crippen LogP contribution >= 0.6 is 23.2 Å². The van der Waals surface area contributed by atoms with Crippen molar-refractivity contribution < 1.29 is 0 Å². The molecule has 0 aromatic carbocycles. The number of unbranched alkanes of at least 4 members (excludes halogenated alkanes) is 7. The Morgan fingerprint density at radius 3 is 1.14 bits per heavy atom. The van der Waals surface area contributed by atoms with E-state index in [-0.39, 0.29) is 4.84 Å². The van der Waals surface area contributed by atoms with Crippen LogP contribution in [0.4, 0.5) is 0 Å². The van der Waals surface area contributed by atoms with Gasteiger partial charge in [0, 0.05) is 0 Å². The average Bonchev–Trinajstić information content (AvgIpc) is 2.10. The highest BCUT2D eigenvalue weighted by Crippen LogP contribution is 2.07. The van der Waals surface area contributed by atoms with Crippen LogP contribution in [0.3, 0.4) is 0 Å². The normalized spacial score (nSPS) is 9.86. The number of hydrogen-bond donors (Lipinski definition) is 0. The van der Waals surface area contributed by atoms with E-state index in [0.717, 1.165) is 0 Å². The summed E-state index contributed by atoms with van der Waals surface area (Å²) in [5.74, 6) is 0. The zero-order chi connectivity index (χ0) is 11.2. The molecule has 0 amide bonds. The molecular weight excluding hydrogens is 215 g/mol. The molecular formula is C12H26Cl2. The predicted molar refractivity (Wildman–Crippen MR) is 69.5 cm³/mol. The van der Waals surface area contributed by atoms with Gasteiger partial charge in [-0.25, -0.2) is 0 Å². The van der Waals surface area contributed by atoms with Crippen LogP contribution in [-0.4, -0.2) is 4.84 Å². The molecule has 0 radical (unpaired) electrons. The molecule has 0 N–H and O–H groups in total. The van der Waals surface area contributed by atoms with E-state index < -0.39 is 0 Å². The smallest absolute Gasteiger partial charge is 0.105 e. The molecule has 0 nitrogen and oxygen atoms in total. The Morgan fingerprint density at radius 1 is 0.714 bits per heavy atom. The second-order valence-corrected chi connectivity index (χ2v) is 5.17. The summed E-state index contributed by atoms with van der Waals surface area (Å²) in [4.78, 5) is -0.222. The first-order chi connectivity index (χ1) is 6.65. The van der Waals surface area contributed by atoms with E-state index >= 15 is 0 Å². The summed E-state index contributed by atoms with van der Waals surface area (Å²) in [6.45, 7) is 6.24. The van der Waals surface area contributed by atoms with Gasteiger partial charge in [0.15, 0.2) is 0 Å². The molecule has 0 fully saturated rings. The molecule has 0 saturated carbocycles. The molecule has 0 aliphatic heterocycles. The van der Waals surface area contributed by atoms with E-state index in [4.69, 9.17) is 23.2 Å². The summed E-state index contributed by atoms with van der Waals surface area (Å²) in [7, 11) is 0. The SMILES string of the molecule is CC(Cl)Cl.CCCCCCCCCC. The van der Waals surface area contributed by atoms with Crippen molar-refractivity contribution in [1.82, 2.24) is 0 Å². The Kier molecular flexibility index (Phi) is 19.4. The van der Waals surface area contributed by atoms with Crippen molar-refractivity contribution >= 4 is 23.2 Å². The van der Waals surface area contributed by atoms with Crippen LogP contribution in [-0.2, 0) is 0 Å². The van der Waals surface area contributed by atoms with Gasteiger partial charge in [0.25, 0.3) is 0 Å². The van der Waals surface area contributed by atoms with Gasteiger partial charge in [-0.15, -0.1) is 23.2 Å². The van der Waals surface area contributed by atoms with Gasteiger partial charge >= 0.3 is 0 Å². The van der Waals surface area contributed by atoms with Crippen LogP contribution < -0.4 is 0 Å². The van der Waals surface area contributed by atoms with Crippen LogP contribution in [0.1, 0.15) is 72.1 Å². The summed E-state index contributed by atoms with van der Waals surface area (Å²) >= 11 is 10.1. The van der Waals surface area contributed by atoms with Gasteiger partial charge < -0.3 is 0 Å². The van der Waals surface area contributed by atoms with E-state index in [1.54, 1.807) is 6.92 Å². The molecule has 0 aliphatic carbocycles. The summed E-state index contributed by atoms with van der Waals surface area (Å²) < 4.78 is 0. The van der Waals surface area contributed by atoms with Crippen molar-refractivity contribution in [3.63, 3.8) is 0 Å². The standard InChI is InChI=1S/C10H22.C2H4Cl2/c1-3-5-7-9-10-8-6-4-2;1-2(3)4/h3-10H2,1-2H3;2H,1H3. The minimum absolute atomic E-state index is 0.222. The lowest BCUT2D eigenvalue weighted by Gasteiger charge is -1.97. The summed E-state index contributed by atoms with van der Waals surface area (Å²) in [6, 6.07) is 0. The van der Waals surface area contributed by atoms with Gasteiger partial charge in [-0.1, -0.05) is 65.2 Å². The van der Waals surface area contributed by atoms with Crippen LogP contribution in [0.5, 0.6) is 0 Å². The van der Waals surface area contributed by atoms with Crippen molar-refractivity contribution in [2.75, 3.05) is 0 Å². The molecule has 0 unspecified atom stereocenters. The zero-order valence-corrected chi connectivity index (χ0v) is 11.5. The van der Waals surface area contributed by atoms with Gasteiger partial charge in [-0.05, 0) is 6.92 Å². The Morgan fingerprint density at radius 2 is 0.929 bits per heavy atom. The van der Waals surface area contributed by atoms with Crippen molar-refractivity contribution in [3.05, 3.63) is 0 Å². The van der Waals surface area contributed by atoms with E-state index in [0.29, 0.717) is 0 Å². The maximum absolute atomic E-state index is 5.04. The summed E-state index contributed by atoms with van der Waals surface area (Å²) in [5.41, 5.74) is 0. The Balaban J connectivity index is 0. The number of halogens is 2. The first-order valence-corrected chi connectivity index (χ1v) is 6.80. The monoisotopic (exact) mass is 240 g/mol. The number of hydrogen-bond acceptors (Lipinski definition) is 0. The molecule has 0 saturated heterocycles. The van der Waals surface area contributed by atoms with Gasteiger partial charge in [0.05, 0.1) is 0 Å². The van der Waals surface area contributed by atoms with E-state index in [9.17, 15) is 0 Å². The molecule has 0 bridgehead atoms. The van der Waals surface area contributed by atoms with Crippen molar-refractivity contribution in [3.8, 4) is 0 Å². The second kappa shape index (κ2) is 16.0. The van der Waals surface area contributed by atoms with Gasteiger partial charge in [-0.3, -0.25) is 0 Å². The molecule has 0 heterocycles. The fourth-order valence-electron chi connectivity index (χ4n) is 1.21. The van der Waals surface area contributed by atoms with E-state index in [1.807, 2.05) is 0 Å². The summed E-state index contributed by atoms with van der Waals surface area (Å²) in [6.07, 6.45) is 11.5. The van der Waals surface area contributed by atoms with E-state index in [2.05, 4.69) is 13.8 Å². The van der Waals surface area contributed by atoms with Gasteiger partial charge in [0.2, 0.25) is 0 Å². The molecule has 0 spiro atoms. The second-order valence-electron chi connectivity index (χ2n) is 3.64. The van der Waals surface area contributed by atoms with E-state index in [1.165, 1.54) is 51.4 Å². The highest BCUT2D eigenvalue weighted by molar-refractivity contribution is 6.43. The first kappa shape index (κ1) is 17.0. The molecule has 0 atom stereocenters. The third-order valence-electron chi connectivity index (χ3n) is 1.96. The van der Waals surface area contributed by atoms with Crippen LogP contribution in [0.15, 0.2) is 0 Å². The quantitative estimate of drug-likeness (QED) is 0.381. The van der Waals surface area contributed by atoms with Crippen LogP contribution in [0.2, 0.25) is 0 Å². The van der Waals surface area contributed by atoms with Crippen LogP contribution in [0, 0.1) is 0 Å². The fraction of sp³-hybridized carbons (Fsp3) is 1.00. The van der Waals surface area contributed by atoms with Gasteiger partial charge in [0.1, 0.15) is 4.84 Å². The first-order valence-electron chi connectivity index (χ1n) is 5.93. The molecule has 0 rings (SSSR count). The average molecular weight is 241 g/mol. The lowest BCUT2D eigenvalue weighted by molar-refractivity contribution is 0.585. The Labute approximate surface area is 100 Å². The maximum Gasteiger partial charge on any atom is 0.105 e. The lowest BCUT2D eigenvalue weighted by Crippen LogP contribution is -1.77. The third-order valence-corrected chi connectivity index (χ3v) is 1.96. The van der Waals surface area contributed by atoms with Crippen molar-refractivity contribution in [2.45, 2.75) is 77.0 Å². The fourth-order valence-corrected chi connectivity index (χ4v) is 1.21. The highest BCUT2D eigenvalue weighted by Gasteiger charge is 1.87. The maximum atomic E-state index is 5.04. The molecule has 0 aromatic heterocycles. The summed E-state index contributed by atoms with van der Waals surface area (Å²) in [5, 5.41) is 0. The Hall–Kier alpha value is 0.580. The molecule has 2 heteroatoms. The molecule has 0 aliphatic rings. The highest BCUT2D eigenvalue weighted by atomic mass is 35.5. The molecule has 88 valence electrons. The van der Waals surface area contributed by atoms with Crippen LogP contribution in [0.25, 0.3) is 0 Å². The minimum Gasteiger partial charge on any atom is -0.106 e. The number of rotatable bonds is 7. The largest absolute Gasteiger partial charge is 0.106 e. The molecule has 0 aromatic rings. The number of alkyl halides is 2. The Bertz CT molecular complexity index is 71.6. The minimum atomic E-state index is -0.222. The predicted octanol–water partition coefficient (Wildman–Crippen LogP) is 5.96. The van der Waals surface area contributed by atoms with Crippen molar-refractivity contribution in [1.29, 1.82) is 0 Å². The van der Waals surface area contributed by atoms with Crippen molar-refractivity contribution in [2.24, 2.45) is 0 Å². The molecule has 14 heavy (non-hydrogen) atoms. The topological polar surface area (TPSA) is 0 Å².